The third-order valence-corrected chi connectivity index (χ3v) is 3.68. The molecule has 0 bridgehead atoms. The Morgan fingerprint density at radius 1 is 1.32 bits per heavy atom. The molecule has 1 aromatic heterocycles. The minimum absolute atomic E-state index is 0.0435. The molecule has 19 heavy (non-hydrogen) atoms. The van der Waals surface area contributed by atoms with E-state index >= 15 is 0 Å². The van der Waals surface area contributed by atoms with Gasteiger partial charge in [0.2, 0.25) is 5.91 Å². The Bertz CT molecular complexity index is 537. The molecule has 0 spiro atoms. The van der Waals surface area contributed by atoms with E-state index in [9.17, 15) is 4.79 Å². The van der Waals surface area contributed by atoms with Gasteiger partial charge in [0.1, 0.15) is 0 Å². The van der Waals surface area contributed by atoms with Crippen LogP contribution in [0.5, 0.6) is 0 Å². The highest BCUT2D eigenvalue weighted by Gasteiger charge is 2.10. The van der Waals surface area contributed by atoms with Crippen LogP contribution in [0.4, 0.5) is 0 Å². The van der Waals surface area contributed by atoms with Gasteiger partial charge in [0.15, 0.2) is 0 Å². The molecule has 1 heterocycles. The van der Waals surface area contributed by atoms with E-state index in [4.69, 9.17) is 0 Å². The predicted molar refractivity (Wildman–Crippen MR) is 79.9 cm³/mol. The van der Waals surface area contributed by atoms with Crippen LogP contribution in [-0.2, 0) is 17.6 Å². The quantitative estimate of drug-likeness (QED) is 0.873. The third kappa shape index (κ3) is 4.24. The van der Waals surface area contributed by atoms with Crippen LogP contribution < -0.4 is 5.32 Å². The van der Waals surface area contributed by atoms with Crippen molar-refractivity contribution in [1.82, 2.24) is 10.3 Å². The summed E-state index contributed by atoms with van der Waals surface area (Å²) in [6.07, 6.45) is 3.04. The SMILES string of the molecule is C[C@@H](Cc1ccccc1Br)NC(=O)Cc1ccc[nH]1. The summed E-state index contributed by atoms with van der Waals surface area (Å²) in [7, 11) is 0. The molecule has 0 aliphatic heterocycles. The molecule has 0 aliphatic rings. The summed E-state index contributed by atoms with van der Waals surface area (Å²) in [5.41, 5.74) is 2.14. The van der Waals surface area contributed by atoms with E-state index in [2.05, 4.69) is 32.3 Å². The second-order valence-electron chi connectivity index (χ2n) is 4.64. The van der Waals surface area contributed by atoms with Crippen LogP contribution in [0.3, 0.4) is 0 Å². The second kappa shape index (κ2) is 6.57. The van der Waals surface area contributed by atoms with Gasteiger partial charge < -0.3 is 10.3 Å². The summed E-state index contributed by atoms with van der Waals surface area (Å²) in [6.45, 7) is 2.02. The number of benzene rings is 1. The van der Waals surface area contributed by atoms with Gasteiger partial charge in [0.25, 0.3) is 0 Å². The van der Waals surface area contributed by atoms with Crippen molar-refractivity contribution in [2.24, 2.45) is 0 Å². The molecule has 0 saturated heterocycles. The number of rotatable bonds is 5. The first kappa shape index (κ1) is 13.9. The number of nitrogens with one attached hydrogen (secondary N) is 2. The number of amides is 1. The van der Waals surface area contributed by atoms with Crippen molar-refractivity contribution in [3.63, 3.8) is 0 Å². The van der Waals surface area contributed by atoms with Gasteiger partial charge in [-0.25, -0.2) is 0 Å². The van der Waals surface area contributed by atoms with E-state index in [0.29, 0.717) is 6.42 Å². The topological polar surface area (TPSA) is 44.9 Å². The standard InChI is InChI=1S/C15H17BrN2O/c1-11(9-12-5-2-3-7-14(12)16)18-15(19)10-13-6-4-8-17-13/h2-8,11,17H,9-10H2,1H3,(H,18,19)/t11-/m0/s1. The molecule has 0 aliphatic carbocycles. The maximum absolute atomic E-state index is 11.9. The summed E-state index contributed by atoms with van der Waals surface area (Å²) < 4.78 is 1.08. The highest BCUT2D eigenvalue weighted by atomic mass is 79.9. The van der Waals surface area contributed by atoms with Crippen LogP contribution in [0.2, 0.25) is 0 Å². The van der Waals surface area contributed by atoms with Gasteiger partial charge in [-0.2, -0.15) is 0 Å². The molecule has 1 atom stereocenters. The smallest absolute Gasteiger partial charge is 0.226 e. The van der Waals surface area contributed by atoms with Crippen molar-refractivity contribution in [3.05, 3.63) is 58.3 Å². The van der Waals surface area contributed by atoms with Crippen molar-refractivity contribution in [3.8, 4) is 0 Å². The molecule has 4 heteroatoms. The lowest BCUT2D eigenvalue weighted by Crippen LogP contribution is -2.35. The lowest BCUT2D eigenvalue weighted by Gasteiger charge is -2.14. The molecule has 1 amide bonds. The molecule has 0 radical (unpaired) electrons. The molecule has 3 nitrogen and oxygen atoms in total. The largest absolute Gasteiger partial charge is 0.365 e. The predicted octanol–water partition coefficient (Wildman–Crippen LogP) is 3.07. The lowest BCUT2D eigenvalue weighted by molar-refractivity contribution is -0.121. The molecule has 0 fully saturated rings. The molecule has 100 valence electrons. The summed E-state index contributed by atoms with van der Waals surface area (Å²) in [5.74, 6) is 0.0435. The fourth-order valence-electron chi connectivity index (χ4n) is 2.02. The van der Waals surface area contributed by atoms with Crippen LogP contribution in [0.25, 0.3) is 0 Å². The van der Waals surface area contributed by atoms with Crippen LogP contribution in [0.15, 0.2) is 47.1 Å². The van der Waals surface area contributed by atoms with Gasteiger partial charge in [-0.1, -0.05) is 34.1 Å². The van der Waals surface area contributed by atoms with Gasteiger partial charge in [-0.15, -0.1) is 0 Å². The monoisotopic (exact) mass is 320 g/mol. The molecule has 0 unspecified atom stereocenters. The van der Waals surface area contributed by atoms with Crippen molar-refractivity contribution >= 4 is 21.8 Å². The van der Waals surface area contributed by atoms with Gasteiger partial charge in [0, 0.05) is 22.4 Å². The van der Waals surface area contributed by atoms with Crippen LogP contribution >= 0.6 is 15.9 Å². The van der Waals surface area contributed by atoms with E-state index in [1.54, 1.807) is 0 Å². The zero-order valence-corrected chi connectivity index (χ0v) is 12.4. The number of H-pyrrole nitrogens is 1. The Morgan fingerprint density at radius 3 is 2.79 bits per heavy atom. The normalized spacial score (nSPS) is 12.1. The summed E-state index contributed by atoms with van der Waals surface area (Å²) in [5, 5.41) is 3.01. The van der Waals surface area contributed by atoms with Crippen molar-refractivity contribution < 1.29 is 4.79 Å². The van der Waals surface area contributed by atoms with Gasteiger partial charge in [0.05, 0.1) is 6.42 Å². The zero-order chi connectivity index (χ0) is 13.7. The fourth-order valence-corrected chi connectivity index (χ4v) is 2.47. The van der Waals surface area contributed by atoms with E-state index in [0.717, 1.165) is 16.6 Å². The van der Waals surface area contributed by atoms with Gasteiger partial charge in [-0.05, 0) is 37.1 Å². The average molecular weight is 321 g/mol. The summed E-state index contributed by atoms with van der Waals surface area (Å²) in [4.78, 5) is 14.9. The maximum Gasteiger partial charge on any atom is 0.226 e. The fraction of sp³-hybridized carbons (Fsp3) is 0.267. The average Bonchev–Trinajstić information content (AvgIpc) is 2.84. The van der Waals surface area contributed by atoms with Crippen LogP contribution in [0.1, 0.15) is 18.2 Å². The first-order valence-electron chi connectivity index (χ1n) is 6.30. The molecular weight excluding hydrogens is 304 g/mol. The molecular formula is C15H17BrN2O. The van der Waals surface area contributed by atoms with E-state index in [1.807, 2.05) is 43.5 Å². The third-order valence-electron chi connectivity index (χ3n) is 2.90. The minimum atomic E-state index is 0.0435. The number of hydrogen-bond acceptors (Lipinski definition) is 1. The van der Waals surface area contributed by atoms with Gasteiger partial charge >= 0.3 is 0 Å². The van der Waals surface area contributed by atoms with E-state index in [-0.39, 0.29) is 11.9 Å². The van der Waals surface area contributed by atoms with E-state index in [1.165, 1.54) is 5.56 Å². The molecule has 2 rings (SSSR count). The van der Waals surface area contributed by atoms with E-state index < -0.39 is 0 Å². The van der Waals surface area contributed by atoms with Crippen molar-refractivity contribution in [2.45, 2.75) is 25.8 Å². The van der Waals surface area contributed by atoms with Crippen molar-refractivity contribution in [2.75, 3.05) is 0 Å². The number of aromatic amines is 1. The Balaban J connectivity index is 1.86. The van der Waals surface area contributed by atoms with Crippen LogP contribution in [-0.4, -0.2) is 16.9 Å². The first-order chi connectivity index (χ1) is 9.15. The molecule has 1 aromatic carbocycles. The number of carbonyl (C=O) groups excluding carboxylic acids is 1. The van der Waals surface area contributed by atoms with Crippen LogP contribution in [0, 0.1) is 0 Å². The second-order valence-corrected chi connectivity index (χ2v) is 5.49. The number of hydrogen-bond donors (Lipinski definition) is 2. The number of carbonyl (C=O) groups is 1. The number of halogens is 1. The summed E-state index contributed by atoms with van der Waals surface area (Å²) in [6, 6.07) is 12.0. The van der Waals surface area contributed by atoms with Crippen molar-refractivity contribution in [1.29, 1.82) is 0 Å². The molecule has 0 saturated carbocycles. The molecule has 2 N–H and O–H groups in total. The Kier molecular flexibility index (Phi) is 4.80. The molecule has 2 aromatic rings. The Hall–Kier alpha value is -1.55. The van der Waals surface area contributed by atoms with Gasteiger partial charge in [-0.3, -0.25) is 4.79 Å². The minimum Gasteiger partial charge on any atom is -0.365 e. The highest BCUT2D eigenvalue weighted by molar-refractivity contribution is 9.10. The highest BCUT2D eigenvalue weighted by Crippen LogP contribution is 2.17. The maximum atomic E-state index is 11.9. The number of aromatic nitrogens is 1. The summed E-state index contributed by atoms with van der Waals surface area (Å²) >= 11 is 3.52. The Labute approximate surface area is 121 Å². The first-order valence-corrected chi connectivity index (χ1v) is 7.09. The Morgan fingerprint density at radius 2 is 2.11 bits per heavy atom. The zero-order valence-electron chi connectivity index (χ0n) is 10.8. The lowest BCUT2D eigenvalue weighted by atomic mass is 10.1.